The molecule has 0 saturated carbocycles. The largest absolute Gasteiger partial charge is 0.349 e. The van der Waals surface area contributed by atoms with Gasteiger partial charge >= 0.3 is 0 Å². The highest BCUT2D eigenvalue weighted by Gasteiger charge is 2.16. The van der Waals surface area contributed by atoms with Crippen molar-refractivity contribution in [3.63, 3.8) is 0 Å². The second-order valence-electron chi connectivity index (χ2n) is 6.26. The lowest BCUT2D eigenvalue weighted by Crippen LogP contribution is -2.30. The average Bonchev–Trinajstić information content (AvgIpc) is 3.15. The molecule has 4 nitrogen and oxygen atoms in total. The molecule has 2 N–H and O–H groups in total. The van der Waals surface area contributed by atoms with Crippen molar-refractivity contribution in [2.45, 2.75) is 32.2 Å². The second-order valence-corrected chi connectivity index (χ2v) is 6.26. The molecule has 128 valence electrons. The molecule has 0 radical (unpaired) electrons. The molecule has 3 aromatic rings. The molecule has 1 heterocycles. The molecule has 0 aliphatic carbocycles. The van der Waals surface area contributed by atoms with E-state index in [1.165, 1.54) is 11.1 Å². The molecule has 4 heteroatoms. The molecule has 0 fully saturated rings. The first-order chi connectivity index (χ1) is 12.2. The van der Waals surface area contributed by atoms with E-state index < -0.39 is 0 Å². The lowest BCUT2D eigenvalue weighted by Gasteiger charge is -2.18. The molecule has 0 bridgehead atoms. The van der Waals surface area contributed by atoms with Gasteiger partial charge in [0.1, 0.15) is 5.82 Å². The number of aryl methyl sites for hydroxylation is 2. The Labute approximate surface area is 148 Å². The summed E-state index contributed by atoms with van der Waals surface area (Å²) >= 11 is 0. The number of carbonyl (C=O) groups excluding carboxylic acids is 1. The zero-order valence-electron chi connectivity index (χ0n) is 14.4. The Balaban J connectivity index is 1.62. The van der Waals surface area contributed by atoms with E-state index in [9.17, 15) is 4.79 Å². The summed E-state index contributed by atoms with van der Waals surface area (Å²) in [6.07, 6.45) is 5.40. The van der Waals surface area contributed by atoms with Gasteiger partial charge < -0.3 is 10.3 Å². The first-order valence-electron chi connectivity index (χ1n) is 8.59. The monoisotopic (exact) mass is 333 g/mol. The van der Waals surface area contributed by atoms with Crippen molar-refractivity contribution in [2.24, 2.45) is 0 Å². The molecular formula is C21H23N3O. The van der Waals surface area contributed by atoms with Crippen LogP contribution in [0.15, 0.2) is 67.0 Å². The zero-order valence-corrected chi connectivity index (χ0v) is 14.4. The fraction of sp³-hybridized carbons (Fsp3) is 0.238. The van der Waals surface area contributed by atoms with Crippen LogP contribution in [0.5, 0.6) is 0 Å². The van der Waals surface area contributed by atoms with E-state index in [4.69, 9.17) is 0 Å². The number of nitrogens with one attached hydrogen (secondary N) is 2. The van der Waals surface area contributed by atoms with E-state index >= 15 is 0 Å². The zero-order chi connectivity index (χ0) is 17.5. The van der Waals surface area contributed by atoms with E-state index in [1.54, 1.807) is 12.4 Å². The highest BCUT2D eigenvalue weighted by Crippen LogP contribution is 2.17. The molecule has 1 atom stereocenters. The minimum atomic E-state index is -0.0853. The highest BCUT2D eigenvalue weighted by atomic mass is 16.1. The molecule has 0 aliphatic heterocycles. The molecule has 0 aliphatic rings. The number of benzene rings is 2. The fourth-order valence-electron chi connectivity index (χ4n) is 2.82. The molecule has 3 rings (SSSR count). The van der Waals surface area contributed by atoms with Gasteiger partial charge in [0.15, 0.2) is 0 Å². The van der Waals surface area contributed by atoms with Crippen molar-refractivity contribution >= 4 is 5.91 Å². The van der Waals surface area contributed by atoms with Gasteiger partial charge in [-0.3, -0.25) is 4.79 Å². The molecule has 1 aromatic heterocycles. The highest BCUT2D eigenvalue weighted by molar-refractivity contribution is 5.76. The minimum absolute atomic E-state index is 0.0565. The van der Waals surface area contributed by atoms with E-state index in [2.05, 4.69) is 46.5 Å². The molecule has 2 aromatic carbocycles. The number of nitrogens with zero attached hydrogens (tertiary/aromatic N) is 1. The quantitative estimate of drug-likeness (QED) is 0.692. The topological polar surface area (TPSA) is 57.8 Å². The third-order valence-corrected chi connectivity index (χ3v) is 4.25. The second kappa shape index (κ2) is 8.29. The number of amides is 1. The van der Waals surface area contributed by atoms with Gasteiger partial charge in [-0.25, -0.2) is 4.98 Å². The Morgan fingerprint density at radius 2 is 1.88 bits per heavy atom. The number of aromatic amines is 1. The van der Waals surface area contributed by atoms with Crippen LogP contribution in [-0.2, 0) is 17.6 Å². The number of hydrogen-bond donors (Lipinski definition) is 2. The summed E-state index contributed by atoms with van der Waals surface area (Å²) in [7, 11) is 0. The van der Waals surface area contributed by atoms with Crippen LogP contribution < -0.4 is 5.32 Å². The Morgan fingerprint density at radius 3 is 2.56 bits per heavy atom. The van der Waals surface area contributed by atoms with Crippen molar-refractivity contribution < 1.29 is 4.79 Å². The number of carbonyl (C=O) groups is 1. The summed E-state index contributed by atoms with van der Waals surface area (Å²) in [4.78, 5) is 19.8. The van der Waals surface area contributed by atoms with Crippen molar-refractivity contribution in [2.75, 3.05) is 0 Å². The van der Waals surface area contributed by atoms with Gasteiger partial charge in [0.2, 0.25) is 5.91 Å². The molecule has 0 saturated heterocycles. The van der Waals surface area contributed by atoms with Gasteiger partial charge in [0.05, 0.1) is 6.04 Å². The lowest BCUT2D eigenvalue weighted by atomic mass is 10.0. The average molecular weight is 333 g/mol. The number of hydrogen-bond acceptors (Lipinski definition) is 2. The number of rotatable bonds is 7. The standard InChI is InChI=1S/C21H23N3O/c1-16-7-9-17(10-8-16)11-12-21(25)24-19(15-20-22-13-14-23-20)18-5-3-2-4-6-18/h2-10,13-14,19H,11-12,15H2,1H3,(H,22,23)(H,24,25). The smallest absolute Gasteiger partial charge is 0.220 e. The fourth-order valence-corrected chi connectivity index (χ4v) is 2.82. The van der Waals surface area contributed by atoms with Crippen molar-refractivity contribution in [1.29, 1.82) is 0 Å². The molecular weight excluding hydrogens is 310 g/mol. The maximum Gasteiger partial charge on any atom is 0.220 e. The van der Waals surface area contributed by atoms with Crippen LogP contribution >= 0.6 is 0 Å². The summed E-state index contributed by atoms with van der Waals surface area (Å²) in [5.41, 5.74) is 3.50. The van der Waals surface area contributed by atoms with E-state index in [-0.39, 0.29) is 11.9 Å². The summed E-state index contributed by atoms with van der Waals surface area (Å²) in [6.45, 7) is 2.07. The van der Waals surface area contributed by atoms with Gasteiger partial charge in [0.25, 0.3) is 0 Å². The van der Waals surface area contributed by atoms with Crippen LogP contribution in [0.25, 0.3) is 0 Å². The van der Waals surface area contributed by atoms with Crippen LogP contribution in [0.1, 0.15) is 35.0 Å². The summed E-state index contributed by atoms with van der Waals surface area (Å²) in [5, 5.41) is 3.15. The Bertz CT molecular complexity index is 780. The molecule has 0 spiro atoms. The third-order valence-electron chi connectivity index (χ3n) is 4.25. The Morgan fingerprint density at radius 1 is 1.12 bits per heavy atom. The van der Waals surface area contributed by atoms with E-state index in [1.807, 2.05) is 30.3 Å². The normalized spacial score (nSPS) is 11.9. The predicted octanol–water partition coefficient (Wildman–Crippen LogP) is 3.75. The van der Waals surface area contributed by atoms with Gasteiger partial charge in [-0.15, -0.1) is 0 Å². The first kappa shape index (κ1) is 17.0. The van der Waals surface area contributed by atoms with Crippen LogP contribution in [0.3, 0.4) is 0 Å². The van der Waals surface area contributed by atoms with Crippen molar-refractivity contribution in [1.82, 2.24) is 15.3 Å². The maximum atomic E-state index is 12.5. The van der Waals surface area contributed by atoms with Gasteiger partial charge in [-0.1, -0.05) is 60.2 Å². The first-order valence-corrected chi connectivity index (χ1v) is 8.59. The summed E-state index contributed by atoms with van der Waals surface area (Å²) < 4.78 is 0. The number of aromatic nitrogens is 2. The Hall–Kier alpha value is -2.88. The van der Waals surface area contributed by atoms with Gasteiger partial charge in [-0.2, -0.15) is 0 Å². The van der Waals surface area contributed by atoms with Gasteiger partial charge in [-0.05, 0) is 24.5 Å². The lowest BCUT2D eigenvalue weighted by molar-refractivity contribution is -0.121. The minimum Gasteiger partial charge on any atom is -0.349 e. The van der Waals surface area contributed by atoms with Crippen LogP contribution in [-0.4, -0.2) is 15.9 Å². The third kappa shape index (κ3) is 5.05. The van der Waals surface area contributed by atoms with E-state index in [0.29, 0.717) is 12.8 Å². The van der Waals surface area contributed by atoms with Crippen LogP contribution in [0.4, 0.5) is 0 Å². The molecule has 25 heavy (non-hydrogen) atoms. The van der Waals surface area contributed by atoms with E-state index in [0.717, 1.165) is 17.8 Å². The van der Waals surface area contributed by atoms with Crippen molar-refractivity contribution in [3.8, 4) is 0 Å². The summed E-state index contributed by atoms with van der Waals surface area (Å²) in [5.74, 6) is 0.925. The van der Waals surface area contributed by atoms with Crippen LogP contribution in [0, 0.1) is 6.92 Å². The number of H-pyrrole nitrogens is 1. The molecule has 1 amide bonds. The number of imidazole rings is 1. The summed E-state index contributed by atoms with van der Waals surface area (Å²) in [6, 6.07) is 18.3. The molecule has 1 unspecified atom stereocenters. The van der Waals surface area contributed by atoms with Crippen LogP contribution in [0.2, 0.25) is 0 Å². The predicted molar refractivity (Wildman–Crippen MR) is 99.1 cm³/mol. The van der Waals surface area contributed by atoms with Crippen molar-refractivity contribution in [3.05, 3.63) is 89.5 Å². The Kier molecular flexibility index (Phi) is 5.62. The van der Waals surface area contributed by atoms with Gasteiger partial charge in [0, 0.05) is 25.2 Å². The SMILES string of the molecule is Cc1ccc(CCC(=O)NC(Cc2ncc[nH]2)c2ccccc2)cc1. The maximum absolute atomic E-state index is 12.5.